The summed E-state index contributed by atoms with van der Waals surface area (Å²) in [5.41, 5.74) is 0.459. The smallest absolute Gasteiger partial charge is 0.238 e. The van der Waals surface area contributed by atoms with Gasteiger partial charge in [-0.25, -0.2) is 4.39 Å². The van der Waals surface area contributed by atoms with Crippen molar-refractivity contribution in [3.63, 3.8) is 0 Å². The Morgan fingerprint density at radius 1 is 1.44 bits per heavy atom. The van der Waals surface area contributed by atoms with E-state index in [4.69, 9.17) is 4.52 Å². The molecule has 1 aromatic heterocycles. The van der Waals surface area contributed by atoms with E-state index in [1.54, 1.807) is 18.2 Å². The number of hydrogen-bond donors (Lipinski definition) is 0. The summed E-state index contributed by atoms with van der Waals surface area (Å²) in [6.07, 6.45) is 0.187. The van der Waals surface area contributed by atoms with Gasteiger partial charge in [-0.05, 0) is 11.6 Å². The van der Waals surface area contributed by atoms with E-state index in [2.05, 4.69) is 10.1 Å². The van der Waals surface area contributed by atoms with E-state index in [0.29, 0.717) is 5.56 Å². The Balaban J connectivity index is 2.21. The van der Waals surface area contributed by atoms with E-state index in [9.17, 15) is 9.18 Å². The highest BCUT2D eigenvalue weighted by Gasteiger charge is 2.12. The summed E-state index contributed by atoms with van der Waals surface area (Å²) in [5, 5.41) is 3.48. The van der Waals surface area contributed by atoms with Crippen LogP contribution in [0.1, 0.15) is 29.0 Å². The highest BCUT2D eigenvalue weighted by atomic mass is 19.1. The molecular weight excluding hydrogens is 211 g/mol. The van der Waals surface area contributed by atoms with Crippen LogP contribution in [0.2, 0.25) is 0 Å². The number of nitrogens with zero attached hydrogens (tertiary/aromatic N) is 2. The average Bonchev–Trinajstić information content (AvgIpc) is 2.70. The number of carbonyl (C=O) groups is 1. The zero-order chi connectivity index (χ0) is 11.5. The van der Waals surface area contributed by atoms with Crippen molar-refractivity contribution in [3.05, 3.63) is 47.4 Å². The molecule has 1 aromatic carbocycles. The fraction of sp³-hybridized carbons (Fsp3) is 0.182. The third-order valence-corrected chi connectivity index (χ3v) is 2.08. The minimum atomic E-state index is -0.329. The van der Waals surface area contributed by atoms with E-state index in [0.717, 1.165) is 0 Å². The van der Waals surface area contributed by atoms with E-state index < -0.39 is 0 Å². The van der Waals surface area contributed by atoms with Gasteiger partial charge in [-0.2, -0.15) is 4.98 Å². The summed E-state index contributed by atoms with van der Waals surface area (Å²) in [6, 6.07) is 6.32. The highest BCUT2D eigenvalue weighted by Crippen LogP contribution is 2.11. The van der Waals surface area contributed by atoms with Crippen LogP contribution < -0.4 is 0 Å². The van der Waals surface area contributed by atoms with Gasteiger partial charge in [0, 0.05) is 6.92 Å². The van der Waals surface area contributed by atoms with Gasteiger partial charge in [0.1, 0.15) is 5.82 Å². The van der Waals surface area contributed by atoms with E-state index in [1.807, 2.05) is 0 Å². The maximum Gasteiger partial charge on any atom is 0.238 e. The first-order chi connectivity index (χ1) is 7.66. The summed E-state index contributed by atoms with van der Waals surface area (Å²) in [5.74, 6) is -0.352. The molecule has 0 atom stereocenters. The van der Waals surface area contributed by atoms with E-state index in [1.165, 1.54) is 13.0 Å². The fourth-order valence-electron chi connectivity index (χ4n) is 1.27. The van der Waals surface area contributed by atoms with Gasteiger partial charge < -0.3 is 4.52 Å². The molecule has 0 aliphatic heterocycles. The second kappa shape index (κ2) is 4.22. The average molecular weight is 220 g/mol. The van der Waals surface area contributed by atoms with Gasteiger partial charge in [0.15, 0.2) is 0 Å². The molecule has 0 amide bonds. The summed E-state index contributed by atoms with van der Waals surface area (Å²) in [7, 11) is 0. The molecule has 0 spiro atoms. The number of Topliss-reactive ketones (excluding diaryl/α,β-unsaturated/α-hetero) is 1. The Bertz CT molecular complexity index is 522. The lowest BCUT2D eigenvalue weighted by molar-refractivity contribution is 0.100. The lowest BCUT2D eigenvalue weighted by Gasteiger charge is -1.97. The van der Waals surface area contributed by atoms with Crippen molar-refractivity contribution < 1.29 is 13.7 Å². The maximum atomic E-state index is 13.3. The number of ketones is 1. The molecule has 0 unspecified atom stereocenters. The topological polar surface area (TPSA) is 56.0 Å². The van der Waals surface area contributed by atoms with Crippen LogP contribution in [0.15, 0.2) is 28.8 Å². The Hall–Kier alpha value is -2.04. The molecule has 2 aromatic rings. The van der Waals surface area contributed by atoms with Crippen molar-refractivity contribution >= 4 is 5.78 Å². The Morgan fingerprint density at radius 2 is 2.19 bits per heavy atom. The molecule has 16 heavy (non-hydrogen) atoms. The third kappa shape index (κ3) is 2.13. The lowest BCUT2D eigenvalue weighted by atomic mass is 10.1. The number of hydrogen-bond acceptors (Lipinski definition) is 4. The summed E-state index contributed by atoms with van der Waals surface area (Å²) >= 11 is 0. The van der Waals surface area contributed by atoms with Crippen molar-refractivity contribution in [1.82, 2.24) is 10.1 Å². The molecule has 0 fully saturated rings. The number of aromatic nitrogens is 2. The van der Waals surface area contributed by atoms with Gasteiger partial charge in [-0.3, -0.25) is 4.79 Å². The zero-order valence-electron chi connectivity index (χ0n) is 8.61. The first kappa shape index (κ1) is 10.5. The number of carbonyl (C=O) groups excluding carboxylic acids is 1. The molecule has 0 N–H and O–H groups in total. The molecule has 0 radical (unpaired) electrons. The van der Waals surface area contributed by atoms with E-state index in [-0.39, 0.29) is 29.7 Å². The van der Waals surface area contributed by atoms with Crippen molar-refractivity contribution in [1.29, 1.82) is 0 Å². The normalized spacial score (nSPS) is 10.4. The molecule has 2 rings (SSSR count). The second-order valence-corrected chi connectivity index (χ2v) is 3.34. The van der Waals surface area contributed by atoms with Gasteiger partial charge >= 0.3 is 0 Å². The van der Waals surface area contributed by atoms with Gasteiger partial charge in [-0.15, -0.1) is 0 Å². The Labute approximate surface area is 91.1 Å². The first-order valence-electron chi connectivity index (χ1n) is 4.74. The van der Waals surface area contributed by atoms with Crippen molar-refractivity contribution in [2.45, 2.75) is 13.3 Å². The molecule has 0 bridgehead atoms. The van der Waals surface area contributed by atoms with Crippen LogP contribution in [0, 0.1) is 5.82 Å². The van der Waals surface area contributed by atoms with Gasteiger partial charge in [0.2, 0.25) is 17.5 Å². The minimum Gasteiger partial charge on any atom is -0.339 e. The molecule has 1 heterocycles. The number of rotatable bonds is 3. The maximum absolute atomic E-state index is 13.3. The van der Waals surface area contributed by atoms with Crippen LogP contribution in [-0.2, 0) is 6.42 Å². The summed E-state index contributed by atoms with van der Waals surface area (Å²) in [6.45, 7) is 1.34. The Kier molecular flexibility index (Phi) is 2.76. The fourth-order valence-corrected chi connectivity index (χ4v) is 1.27. The summed E-state index contributed by atoms with van der Waals surface area (Å²) in [4.78, 5) is 14.8. The van der Waals surface area contributed by atoms with Crippen LogP contribution in [-0.4, -0.2) is 15.9 Å². The SMILES string of the molecule is CC(=O)c1noc(Cc2ccccc2F)n1. The van der Waals surface area contributed by atoms with Crippen LogP contribution in [0.4, 0.5) is 4.39 Å². The summed E-state index contributed by atoms with van der Waals surface area (Å²) < 4.78 is 18.1. The van der Waals surface area contributed by atoms with Gasteiger partial charge in [0.25, 0.3) is 0 Å². The molecule has 0 saturated carbocycles. The van der Waals surface area contributed by atoms with E-state index >= 15 is 0 Å². The predicted molar refractivity (Wildman–Crippen MR) is 53.5 cm³/mol. The number of halogens is 1. The molecule has 0 aliphatic carbocycles. The molecule has 0 aliphatic rings. The predicted octanol–water partition coefficient (Wildman–Crippen LogP) is 2.00. The van der Waals surface area contributed by atoms with Crippen LogP contribution in [0.5, 0.6) is 0 Å². The molecule has 5 heteroatoms. The van der Waals surface area contributed by atoms with Gasteiger partial charge in [-0.1, -0.05) is 23.4 Å². The van der Waals surface area contributed by atoms with Crippen LogP contribution >= 0.6 is 0 Å². The zero-order valence-corrected chi connectivity index (χ0v) is 8.61. The largest absolute Gasteiger partial charge is 0.339 e. The quantitative estimate of drug-likeness (QED) is 0.742. The first-order valence-corrected chi connectivity index (χ1v) is 4.74. The second-order valence-electron chi connectivity index (χ2n) is 3.34. The van der Waals surface area contributed by atoms with Crippen molar-refractivity contribution in [3.8, 4) is 0 Å². The Morgan fingerprint density at radius 3 is 2.81 bits per heavy atom. The third-order valence-electron chi connectivity index (χ3n) is 2.08. The standard InChI is InChI=1S/C11H9FN2O2/c1-7(15)11-13-10(16-14-11)6-8-4-2-3-5-9(8)12/h2-5H,6H2,1H3. The van der Waals surface area contributed by atoms with Crippen LogP contribution in [0.25, 0.3) is 0 Å². The van der Waals surface area contributed by atoms with Crippen molar-refractivity contribution in [2.24, 2.45) is 0 Å². The van der Waals surface area contributed by atoms with Gasteiger partial charge in [0.05, 0.1) is 6.42 Å². The van der Waals surface area contributed by atoms with Crippen LogP contribution in [0.3, 0.4) is 0 Å². The van der Waals surface area contributed by atoms with Crippen molar-refractivity contribution in [2.75, 3.05) is 0 Å². The monoisotopic (exact) mass is 220 g/mol. The molecule has 0 saturated heterocycles. The molecule has 82 valence electrons. The highest BCUT2D eigenvalue weighted by molar-refractivity contribution is 5.89. The number of benzene rings is 1. The molecule has 4 nitrogen and oxygen atoms in total. The minimum absolute atomic E-state index is 0.0198. The lowest BCUT2D eigenvalue weighted by Crippen LogP contribution is -1.96. The molecular formula is C11H9FN2O2.